The van der Waals surface area contributed by atoms with Crippen LogP contribution in [0.15, 0.2) is 28.7 Å². The first-order valence-electron chi connectivity index (χ1n) is 7.56. The molecule has 1 aromatic carbocycles. The zero-order valence-electron chi connectivity index (χ0n) is 12.3. The van der Waals surface area contributed by atoms with E-state index in [2.05, 4.69) is 29.0 Å². The number of benzene rings is 1. The second kappa shape index (κ2) is 5.83. The van der Waals surface area contributed by atoms with Crippen LogP contribution in [0.2, 0.25) is 0 Å². The van der Waals surface area contributed by atoms with Gasteiger partial charge in [-0.15, -0.1) is 0 Å². The largest absolute Gasteiger partial charge is 0.423 e. The van der Waals surface area contributed by atoms with E-state index in [0.29, 0.717) is 6.04 Å². The summed E-state index contributed by atoms with van der Waals surface area (Å²) in [6.07, 6.45) is 2.41. The average Bonchev–Trinajstić information content (AvgIpc) is 2.89. The summed E-state index contributed by atoms with van der Waals surface area (Å²) in [7, 11) is 0. The number of aromatic nitrogens is 1. The lowest BCUT2D eigenvalue weighted by Gasteiger charge is -2.31. The Morgan fingerprint density at radius 1 is 1.30 bits per heavy atom. The van der Waals surface area contributed by atoms with Gasteiger partial charge < -0.3 is 14.6 Å². The third kappa shape index (κ3) is 2.96. The Morgan fingerprint density at radius 2 is 2.05 bits per heavy atom. The molecule has 0 amide bonds. The van der Waals surface area contributed by atoms with Crippen molar-refractivity contribution in [3.05, 3.63) is 24.3 Å². The summed E-state index contributed by atoms with van der Waals surface area (Å²) in [6.45, 7) is 7.61. The molecule has 4 heteroatoms. The molecule has 2 aromatic rings. The Bertz CT molecular complexity index is 523. The van der Waals surface area contributed by atoms with Gasteiger partial charge in [-0.2, -0.15) is 4.98 Å². The Kier molecular flexibility index (Phi) is 3.92. The lowest BCUT2D eigenvalue weighted by molar-refractivity contribution is 0.361. The maximum absolute atomic E-state index is 5.84. The lowest BCUT2D eigenvalue weighted by atomic mass is 9.97. The van der Waals surface area contributed by atoms with Crippen molar-refractivity contribution in [2.75, 3.05) is 24.5 Å². The van der Waals surface area contributed by atoms with Crippen molar-refractivity contribution in [2.24, 2.45) is 5.92 Å². The minimum atomic E-state index is 0.574. The van der Waals surface area contributed by atoms with Crippen molar-refractivity contribution in [2.45, 2.75) is 32.7 Å². The first kappa shape index (κ1) is 13.4. The van der Waals surface area contributed by atoms with Crippen molar-refractivity contribution in [1.29, 1.82) is 0 Å². The first-order valence-corrected chi connectivity index (χ1v) is 7.56. The van der Waals surface area contributed by atoms with Crippen LogP contribution in [0, 0.1) is 5.92 Å². The van der Waals surface area contributed by atoms with Gasteiger partial charge >= 0.3 is 0 Å². The normalized spacial score (nSPS) is 17.2. The molecule has 20 heavy (non-hydrogen) atoms. The van der Waals surface area contributed by atoms with E-state index in [4.69, 9.17) is 4.42 Å². The number of hydrogen-bond donors (Lipinski definition) is 1. The summed E-state index contributed by atoms with van der Waals surface area (Å²) >= 11 is 0. The van der Waals surface area contributed by atoms with Crippen LogP contribution in [0.4, 0.5) is 6.01 Å². The van der Waals surface area contributed by atoms with Gasteiger partial charge in [0.2, 0.25) is 0 Å². The van der Waals surface area contributed by atoms with Gasteiger partial charge in [-0.05, 0) is 37.4 Å². The van der Waals surface area contributed by atoms with E-state index in [9.17, 15) is 0 Å². The standard InChI is InChI=1S/C16H23N3O/c1-12(2)17-11-13-7-9-19(10-8-13)16-18-14-5-3-4-6-15(14)20-16/h3-6,12-13,17H,7-11H2,1-2H3. The van der Waals surface area contributed by atoms with E-state index < -0.39 is 0 Å². The lowest BCUT2D eigenvalue weighted by Crippen LogP contribution is -2.38. The molecule has 1 aromatic heterocycles. The van der Waals surface area contributed by atoms with Gasteiger partial charge in [0.15, 0.2) is 5.58 Å². The number of para-hydroxylation sites is 2. The maximum atomic E-state index is 5.84. The molecule has 0 aliphatic carbocycles. The Balaban J connectivity index is 1.60. The molecule has 0 unspecified atom stereocenters. The van der Waals surface area contributed by atoms with E-state index in [-0.39, 0.29) is 0 Å². The quantitative estimate of drug-likeness (QED) is 0.929. The number of oxazole rings is 1. The highest BCUT2D eigenvalue weighted by atomic mass is 16.4. The van der Waals surface area contributed by atoms with Crippen molar-refractivity contribution in [3.8, 4) is 0 Å². The molecule has 4 nitrogen and oxygen atoms in total. The first-order chi connectivity index (χ1) is 9.72. The smallest absolute Gasteiger partial charge is 0.298 e. The highest BCUT2D eigenvalue weighted by Gasteiger charge is 2.22. The Morgan fingerprint density at radius 3 is 2.75 bits per heavy atom. The molecule has 2 heterocycles. The molecule has 3 rings (SSSR count). The SMILES string of the molecule is CC(C)NCC1CCN(c2nc3ccccc3o2)CC1. The summed E-state index contributed by atoms with van der Waals surface area (Å²) in [5.74, 6) is 0.776. The highest BCUT2D eigenvalue weighted by Crippen LogP contribution is 2.26. The molecule has 1 fully saturated rings. The number of anilines is 1. The molecule has 1 N–H and O–H groups in total. The van der Waals surface area contributed by atoms with E-state index in [1.54, 1.807) is 0 Å². The molecule has 108 valence electrons. The summed E-state index contributed by atoms with van der Waals surface area (Å²) in [5, 5.41) is 3.53. The highest BCUT2D eigenvalue weighted by molar-refractivity contribution is 5.74. The van der Waals surface area contributed by atoms with Gasteiger partial charge in [0.1, 0.15) is 5.52 Å². The Hall–Kier alpha value is -1.55. The molecular weight excluding hydrogens is 250 g/mol. The van der Waals surface area contributed by atoms with Gasteiger partial charge in [-0.25, -0.2) is 0 Å². The van der Waals surface area contributed by atoms with Crippen molar-refractivity contribution < 1.29 is 4.42 Å². The fraction of sp³-hybridized carbons (Fsp3) is 0.562. The minimum Gasteiger partial charge on any atom is -0.423 e. The zero-order chi connectivity index (χ0) is 13.9. The average molecular weight is 273 g/mol. The summed E-state index contributed by atoms with van der Waals surface area (Å²) in [4.78, 5) is 6.85. The zero-order valence-corrected chi connectivity index (χ0v) is 12.3. The number of nitrogens with zero attached hydrogens (tertiary/aromatic N) is 2. The van der Waals surface area contributed by atoms with Crippen LogP contribution < -0.4 is 10.2 Å². The van der Waals surface area contributed by atoms with Crippen LogP contribution >= 0.6 is 0 Å². The maximum Gasteiger partial charge on any atom is 0.298 e. The third-order valence-corrected chi connectivity index (χ3v) is 3.98. The van der Waals surface area contributed by atoms with E-state index >= 15 is 0 Å². The fourth-order valence-corrected chi connectivity index (χ4v) is 2.73. The van der Waals surface area contributed by atoms with Crippen LogP contribution in [-0.4, -0.2) is 30.7 Å². The second-order valence-electron chi connectivity index (χ2n) is 5.96. The summed E-state index contributed by atoms with van der Waals surface area (Å²) in [5.41, 5.74) is 1.83. The summed E-state index contributed by atoms with van der Waals surface area (Å²) < 4.78 is 5.84. The van der Waals surface area contributed by atoms with Crippen LogP contribution in [0.25, 0.3) is 11.1 Å². The summed E-state index contributed by atoms with van der Waals surface area (Å²) in [6, 6.07) is 9.32. The number of fused-ring (bicyclic) bond motifs is 1. The van der Waals surface area contributed by atoms with Crippen molar-refractivity contribution in [1.82, 2.24) is 10.3 Å². The van der Waals surface area contributed by atoms with Gasteiger partial charge in [0.25, 0.3) is 6.01 Å². The van der Waals surface area contributed by atoms with E-state index in [0.717, 1.165) is 42.7 Å². The third-order valence-electron chi connectivity index (χ3n) is 3.98. The number of nitrogens with one attached hydrogen (secondary N) is 1. The van der Waals surface area contributed by atoms with E-state index in [1.165, 1.54) is 12.8 Å². The van der Waals surface area contributed by atoms with Crippen LogP contribution in [0.5, 0.6) is 0 Å². The number of rotatable bonds is 4. The van der Waals surface area contributed by atoms with Gasteiger partial charge in [0, 0.05) is 19.1 Å². The second-order valence-corrected chi connectivity index (χ2v) is 5.96. The molecule has 0 radical (unpaired) electrons. The van der Waals surface area contributed by atoms with Crippen molar-refractivity contribution >= 4 is 17.1 Å². The number of piperidine rings is 1. The number of hydrogen-bond acceptors (Lipinski definition) is 4. The molecule has 0 bridgehead atoms. The molecular formula is C16H23N3O. The van der Waals surface area contributed by atoms with Crippen molar-refractivity contribution in [3.63, 3.8) is 0 Å². The molecule has 0 spiro atoms. The van der Waals surface area contributed by atoms with E-state index in [1.807, 2.05) is 24.3 Å². The molecule has 1 aliphatic heterocycles. The van der Waals surface area contributed by atoms with Gasteiger partial charge in [-0.3, -0.25) is 0 Å². The van der Waals surface area contributed by atoms with Crippen LogP contribution in [-0.2, 0) is 0 Å². The molecule has 0 saturated carbocycles. The van der Waals surface area contributed by atoms with Crippen LogP contribution in [0.3, 0.4) is 0 Å². The molecule has 1 aliphatic rings. The Labute approximate surface area is 120 Å². The monoisotopic (exact) mass is 273 g/mol. The predicted molar refractivity (Wildman–Crippen MR) is 82.1 cm³/mol. The predicted octanol–water partition coefficient (Wildman–Crippen LogP) is 3.04. The topological polar surface area (TPSA) is 41.3 Å². The van der Waals surface area contributed by atoms with Crippen LogP contribution in [0.1, 0.15) is 26.7 Å². The molecule has 0 atom stereocenters. The molecule has 1 saturated heterocycles. The van der Waals surface area contributed by atoms with Gasteiger partial charge in [-0.1, -0.05) is 26.0 Å². The minimum absolute atomic E-state index is 0.574. The fourth-order valence-electron chi connectivity index (χ4n) is 2.73. The van der Waals surface area contributed by atoms with Gasteiger partial charge in [0.05, 0.1) is 0 Å².